The Morgan fingerprint density at radius 1 is 1.62 bits per heavy atom. The quantitative estimate of drug-likeness (QED) is 0.557. The maximum atomic E-state index is 11.6. The summed E-state index contributed by atoms with van der Waals surface area (Å²) in [6.07, 6.45) is 3.08. The number of hydrogen-bond donors (Lipinski definition) is 3. The van der Waals surface area contributed by atoms with E-state index in [2.05, 4.69) is 5.32 Å². The van der Waals surface area contributed by atoms with Crippen molar-refractivity contribution < 1.29 is 14.6 Å². The number of methoxy groups -OCH3 is 1. The first-order valence-electron chi connectivity index (χ1n) is 5.76. The van der Waals surface area contributed by atoms with E-state index in [0.29, 0.717) is 13.0 Å². The first kappa shape index (κ1) is 13.4. The zero-order chi connectivity index (χ0) is 12.0. The van der Waals surface area contributed by atoms with Crippen LogP contribution >= 0.6 is 0 Å². The zero-order valence-electron chi connectivity index (χ0n) is 9.87. The number of aliphatic hydroxyl groups is 1. The van der Waals surface area contributed by atoms with Crippen LogP contribution in [0.2, 0.25) is 0 Å². The number of nitrogens with two attached hydrogens (primary N) is 1. The van der Waals surface area contributed by atoms with Gasteiger partial charge in [-0.05, 0) is 24.8 Å². The fraction of sp³-hybridized carbons (Fsp3) is 0.909. The lowest BCUT2D eigenvalue weighted by Crippen LogP contribution is -2.43. The highest BCUT2D eigenvalue weighted by Crippen LogP contribution is 2.42. The molecule has 0 spiro atoms. The third kappa shape index (κ3) is 3.73. The van der Waals surface area contributed by atoms with Gasteiger partial charge in [0.2, 0.25) is 5.91 Å². The Balaban J connectivity index is 2.20. The molecule has 94 valence electrons. The molecule has 0 saturated heterocycles. The van der Waals surface area contributed by atoms with Gasteiger partial charge in [0.05, 0.1) is 12.7 Å². The molecule has 0 aromatic heterocycles. The zero-order valence-corrected chi connectivity index (χ0v) is 9.87. The lowest BCUT2D eigenvalue weighted by Gasteiger charge is -2.40. The molecule has 0 heterocycles. The number of nitrogens with one attached hydrogen (secondary N) is 1. The van der Waals surface area contributed by atoms with Crippen LogP contribution in [0.5, 0.6) is 0 Å². The molecule has 0 aromatic rings. The van der Waals surface area contributed by atoms with Crippen LogP contribution in [0.15, 0.2) is 0 Å². The van der Waals surface area contributed by atoms with Crippen LogP contribution in [-0.4, -0.2) is 43.9 Å². The minimum atomic E-state index is -0.635. The molecule has 4 N–H and O–H groups in total. The number of hydrogen-bond acceptors (Lipinski definition) is 4. The van der Waals surface area contributed by atoms with E-state index in [1.807, 2.05) is 0 Å². The second-order valence-electron chi connectivity index (χ2n) is 4.65. The van der Waals surface area contributed by atoms with E-state index >= 15 is 0 Å². The highest BCUT2D eigenvalue weighted by atomic mass is 16.5. The normalized spacial score (nSPS) is 19.9. The molecule has 1 amide bonds. The van der Waals surface area contributed by atoms with E-state index < -0.39 is 6.10 Å². The summed E-state index contributed by atoms with van der Waals surface area (Å²) in [6, 6.07) is 0. The number of rotatable bonds is 7. The number of carbonyl (C=O) groups excluding carboxylic acids is 1. The van der Waals surface area contributed by atoms with Crippen LogP contribution in [0.3, 0.4) is 0 Å². The van der Waals surface area contributed by atoms with Gasteiger partial charge in [0, 0.05) is 20.1 Å². The number of ether oxygens (including phenoxy) is 1. The van der Waals surface area contributed by atoms with Gasteiger partial charge in [-0.3, -0.25) is 4.79 Å². The lowest BCUT2D eigenvalue weighted by molar-refractivity contribution is -0.125. The van der Waals surface area contributed by atoms with Gasteiger partial charge in [0.1, 0.15) is 0 Å². The molecular formula is C11H22N2O3. The number of amides is 1. The number of carbonyl (C=O) groups is 1. The SMILES string of the molecule is COCC(O)CNC(=O)CC1(CN)CCC1. The molecule has 1 atom stereocenters. The van der Waals surface area contributed by atoms with Gasteiger partial charge >= 0.3 is 0 Å². The summed E-state index contributed by atoms with van der Waals surface area (Å²) in [5.74, 6) is -0.0275. The molecule has 0 aliphatic heterocycles. The molecule has 0 aromatic carbocycles. The highest BCUT2D eigenvalue weighted by molar-refractivity contribution is 5.76. The van der Waals surface area contributed by atoms with Crippen LogP contribution in [0.1, 0.15) is 25.7 Å². The van der Waals surface area contributed by atoms with Crippen molar-refractivity contribution in [2.24, 2.45) is 11.1 Å². The van der Waals surface area contributed by atoms with Gasteiger partial charge in [0.25, 0.3) is 0 Å². The largest absolute Gasteiger partial charge is 0.389 e. The first-order valence-corrected chi connectivity index (χ1v) is 5.76. The van der Waals surface area contributed by atoms with Gasteiger partial charge in [-0.15, -0.1) is 0 Å². The maximum Gasteiger partial charge on any atom is 0.220 e. The van der Waals surface area contributed by atoms with Crippen molar-refractivity contribution >= 4 is 5.91 Å². The minimum Gasteiger partial charge on any atom is -0.389 e. The maximum absolute atomic E-state index is 11.6. The summed E-state index contributed by atoms with van der Waals surface area (Å²) in [4.78, 5) is 11.6. The molecule has 1 fully saturated rings. The fourth-order valence-corrected chi connectivity index (χ4v) is 2.02. The van der Waals surface area contributed by atoms with Crippen LogP contribution in [0, 0.1) is 5.41 Å². The lowest BCUT2D eigenvalue weighted by atomic mass is 9.66. The van der Waals surface area contributed by atoms with Gasteiger partial charge in [0.15, 0.2) is 0 Å². The minimum absolute atomic E-state index is 0.0241. The number of aliphatic hydroxyl groups excluding tert-OH is 1. The Morgan fingerprint density at radius 2 is 2.31 bits per heavy atom. The van der Waals surface area contributed by atoms with E-state index in [9.17, 15) is 9.90 Å². The Labute approximate surface area is 96.3 Å². The Hall–Kier alpha value is -0.650. The topological polar surface area (TPSA) is 84.6 Å². The third-order valence-corrected chi connectivity index (χ3v) is 3.28. The molecule has 16 heavy (non-hydrogen) atoms. The van der Waals surface area contributed by atoms with Crippen molar-refractivity contribution in [3.05, 3.63) is 0 Å². The average Bonchev–Trinajstić information content (AvgIpc) is 2.21. The molecule has 0 bridgehead atoms. The van der Waals surface area contributed by atoms with Crippen molar-refractivity contribution in [1.82, 2.24) is 5.32 Å². The first-order chi connectivity index (χ1) is 7.62. The molecule has 1 rings (SSSR count). The molecular weight excluding hydrogens is 208 g/mol. The molecule has 1 aliphatic rings. The van der Waals surface area contributed by atoms with E-state index in [-0.39, 0.29) is 24.5 Å². The highest BCUT2D eigenvalue weighted by Gasteiger charge is 2.37. The van der Waals surface area contributed by atoms with Crippen molar-refractivity contribution in [3.8, 4) is 0 Å². The average molecular weight is 230 g/mol. The monoisotopic (exact) mass is 230 g/mol. The molecule has 1 saturated carbocycles. The summed E-state index contributed by atoms with van der Waals surface area (Å²) >= 11 is 0. The molecule has 5 nitrogen and oxygen atoms in total. The Morgan fingerprint density at radius 3 is 2.75 bits per heavy atom. The Bertz CT molecular complexity index is 224. The molecule has 0 radical (unpaired) electrons. The van der Waals surface area contributed by atoms with E-state index in [1.54, 1.807) is 0 Å². The smallest absolute Gasteiger partial charge is 0.220 e. The van der Waals surface area contributed by atoms with Gasteiger partial charge < -0.3 is 20.9 Å². The summed E-state index contributed by atoms with van der Waals surface area (Å²) in [5.41, 5.74) is 5.70. The van der Waals surface area contributed by atoms with Crippen molar-refractivity contribution in [3.63, 3.8) is 0 Å². The van der Waals surface area contributed by atoms with Crippen molar-refractivity contribution in [1.29, 1.82) is 0 Å². The van der Waals surface area contributed by atoms with Crippen molar-refractivity contribution in [2.75, 3.05) is 26.8 Å². The van der Waals surface area contributed by atoms with Gasteiger partial charge in [-0.1, -0.05) is 6.42 Å². The molecule has 5 heteroatoms. The summed E-state index contributed by atoms with van der Waals surface area (Å²) in [6.45, 7) is 1.05. The van der Waals surface area contributed by atoms with Crippen LogP contribution < -0.4 is 11.1 Å². The summed E-state index contributed by atoms with van der Waals surface area (Å²) in [7, 11) is 1.52. The van der Waals surface area contributed by atoms with Crippen LogP contribution in [0.25, 0.3) is 0 Å². The standard InChI is InChI=1S/C11H22N2O3/c1-16-7-9(14)6-13-10(15)5-11(8-12)3-2-4-11/h9,14H,2-8,12H2,1H3,(H,13,15). The van der Waals surface area contributed by atoms with E-state index in [0.717, 1.165) is 19.3 Å². The predicted molar refractivity (Wildman–Crippen MR) is 60.8 cm³/mol. The molecule has 1 aliphatic carbocycles. The predicted octanol–water partition coefficient (Wildman–Crippen LogP) is -0.371. The second-order valence-corrected chi connectivity index (χ2v) is 4.65. The van der Waals surface area contributed by atoms with Crippen molar-refractivity contribution in [2.45, 2.75) is 31.8 Å². The fourth-order valence-electron chi connectivity index (χ4n) is 2.02. The summed E-state index contributed by atoms with van der Waals surface area (Å²) < 4.78 is 4.77. The van der Waals surface area contributed by atoms with Crippen LogP contribution in [-0.2, 0) is 9.53 Å². The third-order valence-electron chi connectivity index (χ3n) is 3.28. The summed E-state index contributed by atoms with van der Waals surface area (Å²) in [5, 5.41) is 12.1. The van der Waals surface area contributed by atoms with E-state index in [1.165, 1.54) is 7.11 Å². The van der Waals surface area contributed by atoms with Crippen LogP contribution in [0.4, 0.5) is 0 Å². The Kier molecular flexibility index (Phi) is 5.18. The second kappa shape index (κ2) is 6.18. The van der Waals surface area contributed by atoms with Gasteiger partial charge in [-0.25, -0.2) is 0 Å². The van der Waals surface area contributed by atoms with E-state index in [4.69, 9.17) is 10.5 Å². The van der Waals surface area contributed by atoms with Gasteiger partial charge in [-0.2, -0.15) is 0 Å². The molecule has 1 unspecified atom stereocenters.